The van der Waals surface area contributed by atoms with E-state index in [4.69, 9.17) is 14.2 Å². The van der Waals surface area contributed by atoms with Crippen LogP contribution in [0, 0.1) is 0 Å². The van der Waals surface area contributed by atoms with Gasteiger partial charge in [-0.1, -0.05) is 25.1 Å². The molecule has 0 atom stereocenters. The van der Waals surface area contributed by atoms with E-state index < -0.39 is 5.97 Å². The molecule has 7 heteroatoms. The lowest BCUT2D eigenvalue weighted by molar-refractivity contribution is -0.123. The molecular weight excluding hydrogens is 408 g/mol. The molecule has 0 heterocycles. The average molecular weight is 432 g/mol. The molecule has 1 N–H and O–H groups in total. The third-order valence-electron chi connectivity index (χ3n) is 4.17. The first kappa shape index (κ1) is 22.6. The van der Waals surface area contributed by atoms with Gasteiger partial charge in [-0.05, 0) is 72.6 Å². The summed E-state index contributed by atoms with van der Waals surface area (Å²) in [5.74, 6) is 0.892. The van der Waals surface area contributed by atoms with Crippen molar-refractivity contribution in [3.8, 4) is 17.2 Å². The Bertz CT molecular complexity index is 1030. The van der Waals surface area contributed by atoms with Crippen LogP contribution in [0.3, 0.4) is 0 Å². The SMILES string of the molecule is CCCOc1ccc(C(=O)Oc2ccc(C=NNC(=O)COc3ccccc3)cc2)cc1. The first-order valence-corrected chi connectivity index (χ1v) is 10.2. The van der Waals surface area contributed by atoms with Crippen molar-refractivity contribution in [1.82, 2.24) is 5.43 Å². The van der Waals surface area contributed by atoms with E-state index in [2.05, 4.69) is 10.5 Å². The van der Waals surface area contributed by atoms with Gasteiger partial charge in [0.05, 0.1) is 18.4 Å². The van der Waals surface area contributed by atoms with Crippen molar-refractivity contribution in [2.75, 3.05) is 13.2 Å². The van der Waals surface area contributed by atoms with E-state index in [1.54, 1.807) is 60.7 Å². The summed E-state index contributed by atoms with van der Waals surface area (Å²) in [6.45, 7) is 2.52. The van der Waals surface area contributed by atoms with Gasteiger partial charge in [0.15, 0.2) is 6.61 Å². The minimum atomic E-state index is -0.459. The largest absolute Gasteiger partial charge is 0.494 e. The number of esters is 1. The van der Waals surface area contributed by atoms with Gasteiger partial charge in [0.2, 0.25) is 0 Å². The highest BCUT2D eigenvalue weighted by Gasteiger charge is 2.09. The number of hydrogen-bond acceptors (Lipinski definition) is 6. The molecule has 0 saturated carbocycles. The lowest BCUT2D eigenvalue weighted by Crippen LogP contribution is -2.24. The number of ether oxygens (including phenoxy) is 3. The van der Waals surface area contributed by atoms with Crippen LogP contribution in [0.4, 0.5) is 0 Å². The number of carbonyl (C=O) groups is 2. The molecule has 0 aromatic heterocycles. The number of nitrogens with one attached hydrogen (secondary N) is 1. The fourth-order valence-electron chi connectivity index (χ4n) is 2.57. The predicted molar refractivity (Wildman–Crippen MR) is 121 cm³/mol. The summed E-state index contributed by atoms with van der Waals surface area (Å²) >= 11 is 0. The van der Waals surface area contributed by atoms with Crippen molar-refractivity contribution >= 4 is 18.1 Å². The van der Waals surface area contributed by atoms with E-state index in [0.717, 1.165) is 12.0 Å². The molecule has 7 nitrogen and oxygen atoms in total. The standard InChI is InChI=1S/C25H24N2O5/c1-2-16-30-22-14-10-20(11-15-22)25(29)32-23-12-8-19(9-13-23)17-26-27-24(28)18-31-21-6-4-3-5-7-21/h3-15,17H,2,16,18H2,1H3,(H,27,28). The molecule has 3 rings (SSSR count). The maximum absolute atomic E-state index is 12.3. The highest BCUT2D eigenvalue weighted by molar-refractivity contribution is 5.91. The van der Waals surface area contributed by atoms with Gasteiger partial charge in [-0.3, -0.25) is 4.79 Å². The van der Waals surface area contributed by atoms with Crippen LogP contribution >= 0.6 is 0 Å². The molecule has 0 aliphatic heterocycles. The first-order chi connectivity index (χ1) is 15.6. The number of benzene rings is 3. The lowest BCUT2D eigenvalue weighted by atomic mass is 10.2. The van der Waals surface area contributed by atoms with Gasteiger partial charge in [0.1, 0.15) is 17.2 Å². The second-order valence-corrected chi connectivity index (χ2v) is 6.73. The van der Waals surface area contributed by atoms with E-state index in [9.17, 15) is 9.59 Å². The van der Waals surface area contributed by atoms with Crippen LogP contribution in [0.5, 0.6) is 17.2 Å². The molecule has 0 aliphatic carbocycles. The fraction of sp³-hybridized carbons (Fsp3) is 0.160. The Kier molecular flexibility index (Phi) is 8.39. The molecule has 0 radical (unpaired) electrons. The normalized spacial score (nSPS) is 10.5. The molecule has 0 fully saturated rings. The fourth-order valence-corrected chi connectivity index (χ4v) is 2.57. The van der Waals surface area contributed by atoms with Gasteiger partial charge in [-0.25, -0.2) is 10.2 Å². The average Bonchev–Trinajstić information content (AvgIpc) is 2.83. The van der Waals surface area contributed by atoms with Crippen molar-refractivity contribution in [3.05, 3.63) is 90.0 Å². The topological polar surface area (TPSA) is 86.2 Å². The number of hydrazone groups is 1. The van der Waals surface area contributed by atoms with Crippen molar-refractivity contribution < 1.29 is 23.8 Å². The zero-order chi connectivity index (χ0) is 22.6. The molecule has 3 aromatic rings. The Labute approximate surface area is 186 Å². The number of rotatable bonds is 10. The minimum Gasteiger partial charge on any atom is -0.494 e. The zero-order valence-electron chi connectivity index (χ0n) is 17.7. The summed E-state index contributed by atoms with van der Waals surface area (Å²) in [5, 5.41) is 3.90. The van der Waals surface area contributed by atoms with Crippen molar-refractivity contribution in [1.29, 1.82) is 0 Å². The number of hydrogen-bond donors (Lipinski definition) is 1. The van der Waals surface area contributed by atoms with E-state index in [1.807, 2.05) is 25.1 Å². The predicted octanol–water partition coefficient (Wildman–Crippen LogP) is 4.22. The summed E-state index contributed by atoms with van der Waals surface area (Å²) in [4.78, 5) is 24.1. The van der Waals surface area contributed by atoms with Crippen LogP contribution in [0.15, 0.2) is 84.0 Å². The molecule has 3 aromatic carbocycles. The third-order valence-corrected chi connectivity index (χ3v) is 4.17. The zero-order valence-corrected chi connectivity index (χ0v) is 17.7. The third kappa shape index (κ3) is 7.28. The molecular formula is C25H24N2O5. The van der Waals surface area contributed by atoms with Gasteiger partial charge >= 0.3 is 5.97 Å². The van der Waals surface area contributed by atoms with Crippen LogP contribution < -0.4 is 19.6 Å². The second kappa shape index (κ2) is 11.9. The van der Waals surface area contributed by atoms with Crippen molar-refractivity contribution in [2.45, 2.75) is 13.3 Å². The Morgan fingerprint density at radius 3 is 2.19 bits per heavy atom. The molecule has 0 saturated heterocycles. The molecule has 0 bridgehead atoms. The summed E-state index contributed by atoms with van der Waals surface area (Å²) in [6, 6.07) is 22.6. The number of carbonyl (C=O) groups excluding carboxylic acids is 2. The number of amides is 1. The Morgan fingerprint density at radius 1 is 0.844 bits per heavy atom. The Hall–Kier alpha value is -4.13. The molecule has 0 unspecified atom stereocenters. The van der Waals surface area contributed by atoms with Crippen molar-refractivity contribution in [2.24, 2.45) is 5.10 Å². The van der Waals surface area contributed by atoms with Gasteiger partial charge in [0, 0.05) is 0 Å². The highest BCUT2D eigenvalue weighted by Crippen LogP contribution is 2.16. The summed E-state index contributed by atoms with van der Waals surface area (Å²) in [7, 11) is 0. The lowest BCUT2D eigenvalue weighted by Gasteiger charge is -2.07. The maximum Gasteiger partial charge on any atom is 0.343 e. The molecule has 32 heavy (non-hydrogen) atoms. The number of nitrogens with zero attached hydrogens (tertiary/aromatic N) is 1. The Morgan fingerprint density at radius 2 is 1.50 bits per heavy atom. The maximum atomic E-state index is 12.3. The molecule has 0 aliphatic rings. The van der Waals surface area contributed by atoms with Crippen LogP contribution in [-0.2, 0) is 4.79 Å². The van der Waals surface area contributed by atoms with E-state index >= 15 is 0 Å². The summed E-state index contributed by atoms with van der Waals surface area (Å²) in [6.07, 6.45) is 2.40. The Balaban J connectivity index is 1.44. The molecule has 0 spiro atoms. The highest BCUT2D eigenvalue weighted by atomic mass is 16.5. The summed E-state index contributed by atoms with van der Waals surface area (Å²) < 4.78 is 16.2. The van der Waals surface area contributed by atoms with Gasteiger partial charge in [-0.15, -0.1) is 0 Å². The molecule has 1 amide bonds. The van der Waals surface area contributed by atoms with Crippen LogP contribution in [0.2, 0.25) is 0 Å². The van der Waals surface area contributed by atoms with E-state index in [1.165, 1.54) is 6.21 Å². The minimum absolute atomic E-state index is 0.137. The van der Waals surface area contributed by atoms with Crippen LogP contribution in [-0.4, -0.2) is 31.3 Å². The van der Waals surface area contributed by atoms with Gasteiger partial charge in [-0.2, -0.15) is 5.10 Å². The quantitative estimate of drug-likeness (QED) is 0.224. The van der Waals surface area contributed by atoms with Crippen LogP contribution in [0.25, 0.3) is 0 Å². The first-order valence-electron chi connectivity index (χ1n) is 10.2. The van der Waals surface area contributed by atoms with Crippen LogP contribution in [0.1, 0.15) is 29.3 Å². The summed E-state index contributed by atoms with van der Waals surface area (Å²) in [5.41, 5.74) is 3.56. The van der Waals surface area contributed by atoms with E-state index in [-0.39, 0.29) is 12.5 Å². The smallest absolute Gasteiger partial charge is 0.343 e. The second-order valence-electron chi connectivity index (χ2n) is 6.73. The van der Waals surface area contributed by atoms with Crippen molar-refractivity contribution in [3.63, 3.8) is 0 Å². The van der Waals surface area contributed by atoms with Gasteiger partial charge in [0.25, 0.3) is 5.91 Å². The number of para-hydroxylation sites is 1. The van der Waals surface area contributed by atoms with E-state index in [0.29, 0.717) is 29.4 Å². The monoisotopic (exact) mass is 432 g/mol. The molecule has 164 valence electrons. The van der Waals surface area contributed by atoms with Gasteiger partial charge < -0.3 is 14.2 Å².